The number of hydrogen-bond donors (Lipinski definition) is 1. The predicted molar refractivity (Wildman–Crippen MR) is 48.4 cm³/mol. The average Bonchev–Trinajstić information content (AvgIpc) is 2.70. The average molecular weight is 159 g/mol. The van der Waals surface area contributed by atoms with Gasteiger partial charge in [0.1, 0.15) is 0 Å². The molecule has 1 fully saturated rings. The molecule has 0 aliphatic heterocycles. The van der Waals surface area contributed by atoms with E-state index in [4.69, 9.17) is 5.73 Å². The zero-order valence-corrected chi connectivity index (χ0v) is 7.71. The van der Waals surface area contributed by atoms with Gasteiger partial charge < -0.3 is 5.73 Å². The van der Waals surface area contributed by atoms with E-state index in [1.807, 2.05) is 0 Å². The molecule has 0 spiro atoms. The van der Waals surface area contributed by atoms with Crippen LogP contribution in [0, 0.1) is 0 Å². The fraction of sp³-hybridized carbons (Fsp3) is 1.00. The van der Waals surface area contributed by atoms with E-state index in [1.54, 1.807) is 0 Å². The molecule has 1 unspecified atom stereocenters. The first-order valence-electron chi connectivity index (χ1n) is 4.10. The van der Waals surface area contributed by atoms with Crippen molar-refractivity contribution < 1.29 is 0 Å². The van der Waals surface area contributed by atoms with Crippen LogP contribution in [0.4, 0.5) is 0 Å². The zero-order valence-electron chi connectivity index (χ0n) is 6.89. The minimum absolute atomic E-state index is 0.509. The molecule has 0 amide bonds. The molecule has 1 saturated carbocycles. The van der Waals surface area contributed by atoms with Gasteiger partial charge in [-0.15, -0.1) is 0 Å². The first-order chi connectivity index (χ1) is 4.72. The van der Waals surface area contributed by atoms with E-state index >= 15 is 0 Å². The highest BCUT2D eigenvalue weighted by Crippen LogP contribution is 2.49. The lowest BCUT2D eigenvalue weighted by Crippen LogP contribution is -2.20. The lowest BCUT2D eigenvalue weighted by Gasteiger charge is -2.16. The fourth-order valence-corrected chi connectivity index (χ4v) is 2.47. The predicted octanol–water partition coefficient (Wildman–Crippen LogP) is 2.01. The van der Waals surface area contributed by atoms with Gasteiger partial charge in [0.25, 0.3) is 0 Å². The van der Waals surface area contributed by atoms with Gasteiger partial charge in [-0.2, -0.15) is 11.8 Å². The van der Waals surface area contributed by atoms with Crippen LogP contribution in [0.1, 0.15) is 33.1 Å². The molecule has 0 aromatic rings. The van der Waals surface area contributed by atoms with E-state index < -0.39 is 0 Å². The summed E-state index contributed by atoms with van der Waals surface area (Å²) in [7, 11) is 0. The second kappa shape index (κ2) is 3.14. The highest BCUT2D eigenvalue weighted by Gasteiger charge is 2.42. The van der Waals surface area contributed by atoms with Crippen LogP contribution in [-0.2, 0) is 0 Å². The standard InChI is InChI=1S/C8H17NS/c1-3-7(2)10-8(6-9)4-5-8/h7H,3-6,9H2,1-2H3. The van der Waals surface area contributed by atoms with Crippen molar-refractivity contribution in [1.29, 1.82) is 0 Å². The maximum Gasteiger partial charge on any atom is 0.0285 e. The van der Waals surface area contributed by atoms with Crippen LogP contribution in [0.3, 0.4) is 0 Å². The molecule has 2 heteroatoms. The summed E-state index contributed by atoms with van der Waals surface area (Å²) in [5.41, 5.74) is 5.65. The molecule has 0 radical (unpaired) electrons. The third-order valence-electron chi connectivity index (χ3n) is 2.21. The summed E-state index contributed by atoms with van der Waals surface area (Å²) >= 11 is 2.09. The smallest absolute Gasteiger partial charge is 0.0285 e. The van der Waals surface area contributed by atoms with Crippen LogP contribution >= 0.6 is 11.8 Å². The maximum absolute atomic E-state index is 5.65. The molecule has 0 aromatic carbocycles. The lowest BCUT2D eigenvalue weighted by molar-refractivity contribution is 0.854. The minimum Gasteiger partial charge on any atom is -0.329 e. The second-order valence-corrected chi connectivity index (χ2v) is 5.13. The van der Waals surface area contributed by atoms with Crippen molar-refractivity contribution in [2.75, 3.05) is 6.54 Å². The Morgan fingerprint density at radius 1 is 1.60 bits per heavy atom. The van der Waals surface area contributed by atoms with Gasteiger partial charge in [0.15, 0.2) is 0 Å². The van der Waals surface area contributed by atoms with Crippen molar-refractivity contribution in [3.05, 3.63) is 0 Å². The Morgan fingerprint density at radius 2 is 2.20 bits per heavy atom. The maximum atomic E-state index is 5.65. The van der Waals surface area contributed by atoms with E-state index in [0.717, 1.165) is 11.8 Å². The Labute approximate surface area is 67.8 Å². The van der Waals surface area contributed by atoms with Crippen LogP contribution < -0.4 is 5.73 Å². The highest BCUT2D eigenvalue weighted by atomic mass is 32.2. The van der Waals surface area contributed by atoms with Crippen LogP contribution in [0.5, 0.6) is 0 Å². The Balaban J connectivity index is 2.23. The monoisotopic (exact) mass is 159 g/mol. The summed E-state index contributed by atoms with van der Waals surface area (Å²) in [4.78, 5) is 0. The van der Waals surface area contributed by atoms with Crippen molar-refractivity contribution in [1.82, 2.24) is 0 Å². The molecule has 1 nitrogen and oxygen atoms in total. The molecule has 1 aliphatic carbocycles. The van der Waals surface area contributed by atoms with Crippen LogP contribution in [-0.4, -0.2) is 16.5 Å². The van der Waals surface area contributed by atoms with Gasteiger partial charge in [0, 0.05) is 16.5 Å². The molecular formula is C8H17NS. The molecule has 1 atom stereocenters. The van der Waals surface area contributed by atoms with Crippen molar-refractivity contribution in [2.45, 2.75) is 43.1 Å². The molecular weight excluding hydrogens is 142 g/mol. The van der Waals surface area contributed by atoms with Gasteiger partial charge in [-0.25, -0.2) is 0 Å². The van der Waals surface area contributed by atoms with Gasteiger partial charge >= 0.3 is 0 Å². The molecule has 0 heterocycles. The van der Waals surface area contributed by atoms with E-state index in [2.05, 4.69) is 25.6 Å². The number of thioether (sulfide) groups is 1. The van der Waals surface area contributed by atoms with E-state index in [1.165, 1.54) is 19.3 Å². The first kappa shape index (κ1) is 8.41. The minimum atomic E-state index is 0.509. The topological polar surface area (TPSA) is 26.0 Å². The lowest BCUT2D eigenvalue weighted by atomic mass is 10.4. The van der Waals surface area contributed by atoms with Gasteiger partial charge in [-0.1, -0.05) is 13.8 Å². The Kier molecular flexibility index (Phi) is 2.64. The van der Waals surface area contributed by atoms with Crippen molar-refractivity contribution in [2.24, 2.45) is 5.73 Å². The number of hydrogen-bond acceptors (Lipinski definition) is 2. The summed E-state index contributed by atoms with van der Waals surface area (Å²) in [6.07, 6.45) is 3.96. The van der Waals surface area contributed by atoms with Gasteiger partial charge in [0.05, 0.1) is 0 Å². The second-order valence-electron chi connectivity index (χ2n) is 3.22. The number of rotatable bonds is 4. The Hall–Kier alpha value is 0.310. The summed E-state index contributed by atoms with van der Waals surface area (Å²) in [6, 6.07) is 0. The van der Waals surface area contributed by atoms with Crippen molar-refractivity contribution >= 4 is 11.8 Å². The molecule has 0 saturated heterocycles. The van der Waals surface area contributed by atoms with Crippen molar-refractivity contribution in [3.63, 3.8) is 0 Å². The molecule has 1 rings (SSSR count). The largest absolute Gasteiger partial charge is 0.329 e. The zero-order chi connectivity index (χ0) is 7.61. The van der Waals surface area contributed by atoms with E-state index in [0.29, 0.717) is 4.75 Å². The molecule has 0 bridgehead atoms. The molecule has 0 aromatic heterocycles. The Morgan fingerprint density at radius 3 is 2.50 bits per heavy atom. The van der Waals surface area contributed by atoms with Crippen molar-refractivity contribution in [3.8, 4) is 0 Å². The van der Waals surface area contributed by atoms with Crippen LogP contribution in [0.2, 0.25) is 0 Å². The van der Waals surface area contributed by atoms with Crippen LogP contribution in [0.15, 0.2) is 0 Å². The highest BCUT2D eigenvalue weighted by molar-refractivity contribution is 8.01. The van der Waals surface area contributed by atoms with Crippen LogP contribution in [0.25, 0.3) is 0 Å². The normalized spacial score (nSPS) is 24.3. The third kappa shape index (κ3) is 1.89. The van der Waals surface area contributed by atoms with E-state index in [9.17, 15) is 0 Å². The molecule has 60 valence electrons. The molecule has 2 N–H and O–H groups in total. The summed E-state index contributed by atoms with van der Waals surface area (Å²) in [6.45, 7) is 5.41. The van der Waals surface area contributed by atoms with Gasteiger partial charge in [0.2, 0.25) is 0 Å². The summed E-state index contributed by atoms with van der Waals surface area (Å²) in [5.74, 6) is 0. The van der Waals surface area contributed by atoms with Gasteiger partial charge in [-0.05, 0) is 19.3 Å². The Bertz CT molecular complexity index is 110. The molecule has 10 heavy (non-hydrogen) atoms. The van der Waals surface area contributed by atoms with E-state index in [-0.39, 0.29) is 0 Å². The third-order valence-corrected chi connectivity index (χ3v) is 4.02. The van der Waals surface area contributed by atoms with Gasteiger partial charge in [-0.3, -0.25) is 0 Å². The summed E-state index contributed by atoms with van der Waals surface area (Å²) < 4.78 is 0.509. The SMILES string of the molecule is CCC(C)SC1(CN)CC1. The summed E-state index contributed by atoms with van der Waals surface area (Å²) in [5, 5.41) is 0.797. The fourth-order valence-electron chi connectivity index (χ4n) is 1.02. The first-order valence-corrected chi connectivity index (χ1v) is 4.98. The quantitative estimate of drug-likeness (QED) is 0.679. The molecule has 1 aliphatic rings. The number of nitrogens with two attached hydrogens (primary N) is 1.